The minimum atomic E-state index is -3.66. The number of nitrogens with one attached hydrogen (secondary N) is 1. The SMILES string of the molecule is COc1ccc(S(=O)(=O)N2CCCCC2CC(=O)NCc2ccco2)cc1. The third kappa shape index (κ3) is 4.70. The number of hydrogen-bond acceptors (Lipinski definition) is 5. The van der Waals surface area contributed by atoms with Gasteiger partial charge in [-0.1, -0.05) is 6.42 Å². The molecule has 8 heteroatoms. The summed E-state index contributed by atoms with van der Waals surface area (Å²) in [6.07, 6.45) is 4.05. The number of furan rings is 1. The van der Waals surface area contributed by atoms with Crippen molar-refractivity contribution in [1.82, 2.24) is 9.62 Å². The molecule has 27 heavy (non-hydrogen) atoms. The molecule has 1 N–H and O–H groups in total. The summed E-state index contributed by atoms with van der Waals surface area (Å²) in [4.78, 5) is 12.5. The van der Waals surface area contributed by atoms with Crippen LogP contribution in [0.5, 0.6) is 5.75 Å². The van der Waals surface area contributed by atoms with Crippen LogP contribution < -0.4 is 10.1 Å². The van der Waals surface area contributed by atoms with Crippen LogP contribution in [0.3, 0.4) is 0 Å². The molecule has 1 saturated heterocycles. The van der Waals surface area contributed by atoms with Crippen LogP contribution in [-0.2, 0) is 21.4 Å². The summed E-state index contributed by atoms with van der Waals surface area (Å²) in [5, 5.41) is 2.79. The van der Waals surface area contributed by atoms with Gasteiger partial charge < -0.3 is 14.5 Å². The summed E-state index contributed by atoms with van der Waals surface area (Å²) in [5.74, 6) is 1.07. The number of rotatable bonds is 7. The van der Waals surface area contributed by atoms with Crippen molar-refractivity contribution in [1.29, 1.82) is 0 Å². The molecule has 2 aromatic rings. The number of carbonyl (C=O) groups excluding carboxylic acids is 1. The molecule has 0 saturated carbocycles. The van der Waals surface area contributed by atoms with E-state index in [0.29, 0.717) is 31.0 Å². The van der Waals surface area contributed by atoms with Crippen molar-refractivity contribution in [3.63, 3.8) is 0 Å². The lowest BCUT2D eigenvalue weighted by Gasteiger charge is -2.34. The second-order valence-corrected chi connectivity index (χ2v) is 8.39. The number of nitrogens with zero attached hydrogens (tertiary/aromatic N) is 1. The van der Waals surface area contributed by atoms with Crippen LogP contribution in [-0.4, -0.2) is 38.3 Å². The predicted molar refractivity (Wildman–Crippen MR) is 99.7 cm³/mol. The highest BCUT2D eigenvalue weighted by atomic mass is 32.2. The Morgan fingerprint density at radius 2 is 2.04 bits per heavy atom. The predicted octanol–water partition coefficient (Wildman–Crippen LogP) is 2.54. The van der Waals surface area contributed by atoms with Crippen LogP contribution in [0.2, 0.25) is 0 Å². The van der Waals surface area contributed by atoms with E-state index in [1.54, 1.807) is 30.5 Å². The molecule has 2 heterocycles. The molecular formula is C19H24N2O5S. The summed E-state index contributed by atoms with van der Waals surface area (Å²) in [6.45, 7) is 0.717. The molecule has 0 radical (unpaired) electrons. The fraction of sp³-hybridized carbons (Fsp3) is 0.421. The highest BCUT2D eigenvalue weighted by molar-refractivity contribution is 7.89. The molecule has 0 bridgehead atoms. The maximum atomic E-state index is 13.1. The maximum absolute atomic E-state index is 13.1. The maximum Gasteiger partial charge on any atom is 0.243 e. The van der Waals surface area contributed by atoms with Crippen molar-refractivity contribution >= 4 is 15.9 Å². The van der Waals surface area contributed by atoms with Crippen LogP contribution in [0.15, 0.2) is 52.0 Å². The molecule has 1 atom stereocenters. The van der Waals surface area contributed by atoms with Gasteiger partial charge in [0.25, 0.3) is 0 Å². The van der Waals surface area contributed by atoms with Crippen LogP contribution in [0.1, 0.15) is 31.4 Å². The van der Waals surface area contributed by atoms with Crippen LogP contribution >= 0.6 is 0 Å². The van der Waals surface area contributed by atoms with E-state index in [1.165, 1.54) is 23.5 Å². The van der Waals surface area contributed by atoms with Crippen LogP contribution in [0.25, 0.3) is 0 Å². The number of methoxy groups -OCH3 is 1. The summed E-state index contributed by atoms with van der Waals surface area (Å²) >= 11 is 0. The Hall–Kier alpha value is -2.32. The standard InChI is InChI=1S/C19H24N2O5S/c1-25-16-7-9-18(10-8-16)27(23,24)21-11-3-2-5-15(21)13-19(22)20-14-17-6-4-12-26-17/h4,6-10,12,15H,2-3,5,11,13-14H2,1H3,(H,20,22). The zero-order chi connectivity index (χ0) is 19.3. The monoisotopic (exact) mass is 392 g/mol. The summed E-state index contributed by atoms with van der Waals surface area (Å²) in [7, 11) is -2.13. The average Bonchev–Trinajstić information content (AvgIpc) is 3.20. The van der Waals surface area contributed by atoms with Gasteiger partial charge in [-0.3, -0.25) is 4.79 Å². The quantitative estimate of drug-likeness (QED) is 0.782. The van der Waals surface area contributed by atoms with Gasteiger partial charge in [0, 0.05) is 19.0 Å². The molecular weight excluding hydrogens is 368 g/mol. The third-order valence-corrected chi connectivity index (χ3v) is 6.67. The van der Waals surface area contributed by atoms with Crippen molar-refractivity contribution in [3.8, 4) is 5.75 Å². The smallest absolute Gasteiger partial charge is 0.243 e. The van der Waals surface area contributed by atoms with Gasteiger partial charge in [0.1, 0.15) is 11.5 Å². The highest BCUT2D eigenvalue weighted by Gasteiger charge is 2.34. The number of amides is 1. The first-order valence-corrected chi connectivity index (χ1v) is 10.4. The number of sulfonamides is 1. The highest BCUT2D eigenvalue weighted by Crippen LogP contribution is 2.28. The number of ether oxygens (including phenoxy) is 1. The zero-order valence-corrected chi connectivity index (χ0v) is 16.1. The molecule has 146 valence electrons. The Kier molecular flexibility index (Phi) is 6.18. The molecule has 1 aromatic heterocycles. The molecule has 1 aliphatic rings. The Morgan fingerprint density at radius 3 is 2.70 bits per heavy atom. The van der Waals surface area contributed by atoms with Gasteiger partial charge in [-0.15, -0.1) is 0 Å². The Bertz CT molecular complexity index is 847. The van der Waals surface area contributed by atoms with Gasteiger partial charge in [0.05, 0.1) is 24.8 Å². The van der Waals surface area contributed by atoms with E-state index in [-0.39, 0.29) is 23.3 Å². The summed E-state index contributed by atoms with van der Waals surface area (Å²) in [6, 6.07) is 9.52. The zero-order valence-electron chi connectivity index (χ0n) is 15.3. The van der Waals surface area contributed by atoms with Crippen molar-refractivity contribution in [3.05, 3.63) is 48.4 Å². The van der Waals surface area contributed by atoms with Crippen molar-refractivity contribution in [2.24, 2.45) is 0 Å². The van der Waals surface area contributed by atoms with Gasteiger partial charge >= 0.3 is 0 Å². The lowest BCUT2D eigenvalue weighted by atomic mass is 10.0. The van der Waals surface area contributed by atoms with Crippen molar-refractivity contribution in [2.45, 2.75) is 43.2 Å². The molecule has 1 aliphatic heterocycles. The molecule has 0 aliphatic carbocycles. The first-order valence-electron chi connectivity index (χ1n) is 8.95. The van der Waals surface area contributed by atoms with E-state index in [0.717, 1.165) is 12.8 Å². The fourth-order valence-electron chi connectivity index (χ4n) is 3.26. The Morgan fingerprint density at radius 1 is 1.26 bits per heavy atom. The molecule has 1 unspecified atom stereocenters. The number of hydrogen-bond donors (Lipinski definition) is 1. The molecule has 1 fully saturated rings. The van der Waals surface area contributed by atoms with Gasteiger partial charge in [0.2, 0.25) is 15.9 Å². The molecule has 3 rings (SSSR count). The van der Waals surface area contributed by atoms with E-state index in [2.05, 4.69) is 5.32 Å². The van der Waals surface area contributed by atoms with Crippen LogP contribution in [0.4, 0.5) is 0 Å². The van der Waals surface area contributed by atoms with Crippen molar-refractivity contribution < 1.29 is 22.4 Å². The minimum Gasteiger partial charge on any atom is -0.497 e. The van der Waals surface area contributed by atoms with E-state index in [4.69, 9.17) is 9.15 Å². The van der Waals surface area contributed by atoms with E-state index in [1.807, 2.05) is 0 Å². The van der Waals surface area contributed by atoms with Gasteiger partial charge in [-0.05, 0) is 49.2 Å². The summed E-state index contributed by atoms with van der Waals surface area (Å²) in [5.41, 5.74) is 0. The lowest BCUT2D eigenvalue weighted by Crippen LogP contribution is -2.45. The Balaban J connectivity index is 1.69. The third-order valence-electron chi connectivity index (χ3n) is 4.70. The first-order chi connectivity index (χ1) is 13.0. The van der Waals surface area contributed by atoms with Crippen molar-refractivity contribution in [2.75, 3.05) is 13.7 Å². The van der Waals surface area contributed by atoms with E-state index >= 15 is 0 Å². The second-order valence-electron chi connectivity index (χ2n) is 6.50. The van der Waals surface area contributed by atoms with Gasteiger partial charge in [-0.2, -0.15) is 4.31 Å². The number of piperidine rings is 1. The number of carbonyl (C=O) groups is 1. The van der Waals surface area contributed by atoms with Gasteiger partial charge in [0.15, 0.2) is 0 Å². The molecule has 0 spiro atoms. The molecule has 1 aromatic carbocycles. The first kappa shape index (κ1) is 19.4. The fourth-order valence-corrected chi connectivity index (χ4v) is 4.96. The average molecular weight is 392 g/mol. The minimum absolute atomic E-state index is 0.135. The van der Waals surface area contributed by atoms with Crippen LogP contribution in [0, 0.1) is 0 Å². The Labute approximate surface area is 159 Å². The molecule has 1 amide bonds. The normalized spacial score (nSPS) is 18.2. The number of benzene rings is 1. The largest absolute Gasteiger partial charge is 0.497 e. The lowest BCUT2D eigenvalue weighted by molar-refractivity contribution is -0.122. The molecule has 7 nitrogen and oxygen atoms in total. The topological polar surface area (TPSA) is 88.9 Å². The van der Waals surface area contributed by atoms with E-state index < -0.39 is 10.0 Å². The van der Waals surface area contributed by atoms with E-state index in [9.17, 15) is 13.2 Å². The second kappa shape index (κ2) is 8.58. The van der Waals surface area contributed by atoms with Gasteiger partial charge in [-0.25, -0.2) is 8.42 Å². The summed E-state index contributed by atoms with van der Waals surface area (Å²) < 4.78 is 37.9.